The highest BCUT2D eigenvalue weighted by Crippen LogP contribution is 2.26. The topological polar surface area (TPSA) is 32.8 Å². The first kappa shape index (κ1) is 18.4. The smallest absolute Gasteiger partial charge is 0.222 e. The molecule has 26 heavy (non-hydrogen) atoms. The Bertz CT molecular complexity index is 723. The number of carbonyl (C=O) groups excluding carboxylic acids is 1. The van der Waals surface area contributed by atoms with E-state index in [1.165, 1.54) is 6.07 Å². The van der Waals surface area contributed by atoms with Crippen molar-refractivity contribution < 1.29 is 13.9 Å². The molecule has 0 bridgehead atoms. The van der Waals surface area contributed by atoms with Crippen LogP contribution >= 0.6 is 0 Å². The van der Waals surface area contributed by atoms with Crippen LogP contribution in [-0.4, -0.2) is 49.0 Å². The van der Waals surface area contributed by atoms with Gasteiger partial charge >= 0.3 is 0 Å². The number of piperazine rings is 1. The van der Waals surface area contributed by atoms with Crippen LogP contribution < -0.4 is 4.74 Å². The summed E-state index contributed by atoms with van der Waals surface area (Å²) in [5, 5.41) is 0. The van der Waals surface area contributed by atoms with Gasteiger partial charge in [0, 0.05) is 31.6 Å². The van der Waals surface area contributed by atoms with Crippen molar-refractivity contribution in [1.29, 1.82) is 0 Å². The van der Waals surface area contributed by atoms with Crippen molar-refractivity contribution in [1.82, 2.24) is 9.80 Å². The lowest BCUT2D eigenvalue weighted by atomic mass is 10.0. The molecule has 0 spiro atoms. The van der Waals surface area contributed by atoms with E-state index >= 15 is 0 Å². The molecule has 1 atom stereocenters. The molecular weight excluding hydrogens is 331 g/mol. The van der Waals surface area contributed by atoms with Gasteiger partial charge in [0.15, 0.2) is 0 Å². The largest absolute Gasteiger partial charge is 0.494 e. The molecule has 1 aliphatic heterocycles. The molecule has 4 nitrogen and oxygen atoms in total. The Morgan fingerprint density at radius 3 is 2.62 bits per heavy atom. The van der Waals surface area contributed by atoms with Gasteiger partial charge in [0.1, 0.15) is 11.6 Å². The van der Waals surface area contributed by atoms with E-state index < -0.39 is 0 Å². The Labute approximate surface area is 154 Å². The normalized spacial score (nSPS) is 17.9. The van der Waals surface area contributed by atoms with Crippen molar-refractivity contribution in [3.63, 3.8) is 0 Å². The summed E-state index contributed by atoms with van der Waals surface area (Å²) in [6.45, 7) is 2.46. The molecule has 1 unspecified atom stereocenters. The van der Waals surface area contributed by atoms with Gasteiger partial charge in [-0.05, 0) is 31.7 Å². The number of likely N-dealkylation sites (N-methyl/N-ethyl adjacent to an activating group) is 1. The standard InChI is InChI=1S/C21H25FN2O2/c1-23-13-14-24(16-20(23)18-10-5-6-11-19(18)22)21(25)12-7-15-26-17-8-3-2-4-9-17/h2-6,8-11,20H,7,12-16H2,1H3. The maximum Gasteiger partial charge on any atom is 0.222 e. The van der Waals surface area contributed by atoms with Crippen molar-refractivity contribution in [2.24, 2.45) is 0 Å². The first-order valence-electron chi connectivity index (χ1n) is 9.05. The number of halogens is 1. The number of hydrogen-bond acceptors (Lipinski definition) is 3. The van der Waals surface area contributed by atoms with Crippen LogP contribution in [0.25, 0.3) is 0 Å². The molecule has 1 aliphatic rings. The van der Waals surface area contributed by atoms with Gasteiger partial charge in [-0.25, -0.2) is 4.39 Å². The van der Waals surface area contributed by atoms with E-state index in [1.54, 1.807) is 12.1 Å². The van der Waals surface area contributed by atoms with Crippen molar-refractivity contribution in [3.05, 3.63) is 66.0 Å². The number of benzene rings is 2. The third-order valence-corrected chi connectivity index (χ3v) is 4.81. The predicted molar refractivity (Wildman–Crippen MR) is 99.5 cm³/mol. The Morgan fingerprint density at radius 1 is 1.12 bits per heavy atom. The molecule has 0 saturated carbocycles. The van der Waals surface area contributed by atoms with E-state index in [0.29, 0.717) is 38.1 Å². The number of rotatable bonds is 6. The Morgan fingerprint density at radius 2 is 1.85 bits per heavy atom. The lowest BCUT2D eigenvalue weighted by molar-refractivity contribution is -0.134. The van der Waals surface area contributed by atoms with Crippen molar-refractivity contribution >= 4 is 5.91 Å². The summed E-state index contributed by atoms with van der Waals surface area (Å²) in [4.78, 5) is 16.5. The molecule has 1 saturated heterocycles. The van der Waals surface area contributed by atoms with Crippen LogP contribution in [0.3, 0.4) is 0 Å². The zero-order valence-electron chi connectivity index (χ0n) is 15.1. The van der Waals surface area contributed by atoms with Crippen molar-refractivity contribution in [2.75, 3.05) is 33.3 Å². The van der Waals surface area contributed by atoms with Crippen LogP contribution in [-0.2, 0) is 4.79 Å². The second kappa shape index (κ2) is 8.81. The van der Waals surface area contributed by atoms with E-state index in [1.807, 2.05) is 48.3 Å². The van der Waals surface area contributed by atoms with E-state index in [0.717, 1.165) is 12.3 Å². The van der Waals surface area contributed by atoms with Crippen LogP contribution in [0.15, 0.2) is 54.6 Å². The molecule has 3 rings (SSSR count). The fourth-order valence-corrected chi connectivity index (χ4v) is 3.27. The molecule has 5 heteroatoms. The summed E-state index contributed by atoms with van der Waals surface area (Å²) >= 11 is 0. The minimum absolute atomic E-state index is 0.102. The minimum atomic E-state index is -0.213. The third-order valence-electron chi connectivity index (χ3n) is 4.81. The van der Waals surface area contributed by atoms with E-state index in [-0.39, 0.29) is 17.8 Å². The molecule has 1 heterocycles. The molecule has 0 radical (unpaired) electrons. The number of nitrogens with zero attached hydrogens (tertiary/aromatic N) is 2. The summed E-state index contributed by atoms with van der Waals surface area (Å²) in [7, 11) is 1.98. The molecule has 2 aromatic carbocycles. The highest BCUT2D eigenvalue weighted by Gasteiger charge is 2.29. The maximum atomic E-state index is 14.1. The van der Waals surface area contributed by atoms with Gasteiger partial charge < -0.3 is 9.64 Å². The lowest BCUT2D eigenvalue weighted by Gasteiger charge is -2.39. The second-order valence-corrected chi connectivity index (χ2v) is 6.62. The summed E-state index contributed by atoms with van der Waals surface area (Å²) in [5.74, 6) is 0.713. The molecule has 0 N–H and O–H groups in total. The molecule has 0 aliphatic carbocycles. The van der Waals surface area contributed by atoms with Crippen LogP contribution in [0.1, 0.15) is 24.4 Å². The SMILES string of the molecule is CN1CCN(C(=O)CCCOc2ccccc2)CC1c1ccccc1F. The Balaban J connectivity index is 1.50. The summed E-state index contributed by atoms with van der Waals surface area (Å²) in [6, 6.07) is 16.3. The first-order chi connectivity index (χ1) is 12.6. The fraction of sp³-hybridized carbons (Fsp3) is 0.381. The summed E-state index contributed by atoms with van der Waals surface area (Å²) in [6.07, 6.45) is 1.12. The van der Waals surface area contributed by atoms with Crippen LogP contribution in [0.5, 0.6) is 5.75 Å². The monoisotopic (exact) mass is 356 g/mol. The van der Waals surface area contributed by atoms with E-state index in [2.05, 4.69) is 4.90 Å². The van der Waals surface area contributed by atoms with Crippen molar-refractivity contribution in [2.45, 2.75) is 18.9 Å². The van der Waals surface area contributed by atoms with Crippen LogP contribution in [0.2, 0.25) is 0 Å². The zero-order valence-corrected chi connectivity index (χ0v) is 15.1. The Hall–Kier alpha value is -2.40. The molecule has 1 amide bonds. The first-order valence-corrected chi connectivity index (χ1v) is 9.05. The lowest BCUT2D eigenvalue weighted by Crippen LogP contribution is -2.49. The summed E-state index contributed by atoms with van der Waals surface area (Å²) < 4.78 is 19.8. The van der Waals surface area contributed by atoms with Crippen LogP contribution in [0.4, 0.5) is 4.39 Å². The Kier molecular flexibility index (Phi) is 6.23. The maximum absolute atomic E-state index is 14.1. The highest BCUT2D eigenvalue weighted by atomic mass is 19.1. The van der Waals surface area contributed by atoms with E-state index in [9.17, 15) is 9.18 Å². The van der Waals surface area contributed by atoms with Gasteiger partial charge in [-0.15, -0.1) is 0 Å². The third kappa shape index (κ3) is 4.61. The molecular formula is C21H25FN2O2. The molecule has 138 valence electrons. The van der Waals surface area contributed by atoms with E-state index in [4.69, 9.17) is 4.74 Å². The van der Waals surface area contributed by atoms with Gasteiger partial charge in [-0.3, -0.25) is 9.69 Å². The zero-order chi connectivity index (χ0) is 18.4. The average molecular weight is 356 g/mol. The second-order valence-electron chi connectivity index (χ2n) is 6.62. The average Bonchev–Trinajstić information content (AvgIpc) is 2.67. The van der Waals surface area contributed by atoms with Crippen LogP contribution in [0, 0.1) is 5.82 Å². The molecule has 2 aromatic rings. The van der Waals surface area contributed by atoms with Gasteiger partial charge in [-0.1, -0.05) is 36.4 Å². The quantitative estimate of drug-likeness (QED) is 0.743. The number of amides is 1. The fourth-order valence-electron chi connectivity index (χ4n) is 3.27. The number of ether oxygens (including phenoxy) is 1. The predicted octanol–water partition coefficient (Wildman–Crippen LogP) is 3.50. The number of hydrogen-bond donors (Lipinski definition) is 0. The number of carbonyl (C=O) groups is 1. The van der Waals surface area contributed by atoms with Gasteiger partial charge in [-0.2, -0.15) is 0 Å². The van der Waals surface area contributed by atoms with Crippen molar-refractivity contribution in [3.8, 4) is 5.75 Å². The van der Waals surface area contributed by atoms with Gasteiger partial charge in [0.05, 0.1) is 12.6 Å². The van der Waals surface area contributed by atoms with Gasteiger partial charge in [0.25, 0.3) is 0 Å². The molecule has 0 aromatic heterocycles. The van der Waals surface area contributed by atoms with Gasteiger partial charge in [0.2, 0.25) is 5.91 Å². The molecule has 1 fully saturated rings. The highest BCUT2D eigenvalue weighted by molar-refractivity contribution is 5.76. The summed E-state index contributed by atoms with van der Waals surface area (Å²) in [5.41, 5.74) is 0.653. The minimum Gasteiger partial charge on any atom is -0.494 e. The number of para-hydroxylation sites is 1.